The van der Waals surface area contributed by atoms with Crippen LogP contribution in [0.2, 0.25) is 0 Å². The topological polar surface area (TPSA) is 91.3 Å². The first-order valence-electron chi connectivity index (χ1n) is 8.09. The van der Waals surface area contributed by atoms with E-state index < -0.39 is 0 Å². The molecule has 126 valence electrons. The van der Waals surface area contributed by atoms with Gasteiger partial charge in [-0.2, -0.15) is 0 Å². The lowest BCUT2D eigenvalue weighted by atomic mass is 9.75. The fourth-order valence-electron chi connectivity index (χ4n) is 3.06. The summed E-state index contributed by atoms with van der Waals surface area (Å²) in [7, 11) is 0. The molecule has 1 fully saturated rings. The normalized spacial score (nSPS) is 20.9. The summed E-state index contributed by atoms with van der Waals surface area (Å²) >= 11 is 0. The van der Waals surface area contributed by atoms with Crippen LogP contribution in [0.3, 0.4) is 0 Å². The van der Waals surface area contributed by atoms with Crippen molar-refractivity contribution in [1.82, 2.24) is 15.6 Å². The van der Waals surface area contributed by atoms with Crippen LogP contribution in [0, 0.1) is 5.92 Å². The number of nitrogens with one attached hydrogen (secondary N) is 2. The van der Waals surface area contributed by atoms with E-state index >= 15 is 0 Å². The summed E-state index contributed by atoms with van der Waals surface area (Å²) in [5.74, 6) is -0.317. The number of rotatable bonds is 5. The number of amides is 2. The molecule has 6 nitrogen and oxygen atoms in total. The van der Waals surface area contributed by atoms with Crippen LogP contribution in [0.15, 0.2) is 36.5 Å². The van der Waals surface area contributed by atoms with Crippen molar-refractivity contribution in [2.24, 2.45) is 5.92 Å². The standard InChI is InChI=1S/C18H21N3O3/c1-11(22)19-10-17(24)21-18(13-7-15(23)8-13)14-6-12-4-2-3-5-16(12)20-9-14/h2-6,9,13,15,18,23H,7-8,10H2,1H3,(H,19,22)(H,21,24)/t13?,15?,18-/m1/s1. The van der Waals surface area contributed by atoms with Crippen molar-refractivity contribution in [3.05, 3.63) is 42.1 Å². The predicted octanol–water partition coefficient (Wildman–Crippen LogP) is 1.30. The van der Waals surface area contributed by atoms with Crippen LogP contribution in [0.5, 0.6) is 0 Å². The fourth-order valence-corrected chi connectivity index (χ4v) is 3.06. The molecule has 2 aromatic rings. The maximum Gasteiger partial charge on any atom is 0.239 e. The minimum absolute atomic E-state index is 0.0535. The number of aliphatic hydroxyl groups excluding tert-OH is 1. The van der Waals surface area contributed by atoms with Gasteiger partial charge in [-0.3, -0.25) is 14.6 Å². The highest BCUT2D eigenvalue weighted by Gasteiger charge is 2.35. The van der Waals surface area contributed by atoms with Crippen molar-refractivity contribution in [3.63, 3.8) is 0 Å². The molecule has 1 atom stereocenters. The van der Waals surface area contributed by atoms with Gasteiger partial charge in [0.2, 0.25) is 11.8 Å². The quantitative estimate of drug-likeness (QED) is 0.772. The van der Waals surface area contributed by atoms with Crippen molar-refractivity contribution in [2.75, 3.05) is 6.54 Å². The molecular weight excluding hydrogens is 306 g/mol. The Bertz CT molecular complexity index is 756. The summed E-state index contributed by atoms with van der Waals surface area (Å²) in [6.07, 6.45) is 2.77. The number of carbonyl (C=O) groups excluding carboxylic acids is 2. The number of aromatic nitrogens is 1. The molecule has 1 aromatic heterocycles. The number of hydrogen-bond acceptors (Lipinski definition) is 4. The number of carbonyl (C=O) groups is 2. The fraction of sp³-hybridized carbons (Fsp3) is 0.389. The van der Waals surface area contributed by atoms with Gasteiger partial charge in [-0.15, -0.1) is 0 Å². The summed E-state index contributed by atoms with van der Waals surface area (Å²) in [6.45, 7) is 1.32. The second-order valence-electron chi connectivity index (χ2n) is 6.30. The Hall–Kier alpha value is -2.47. The van der Waals surface area contributed by atoms with Gasteiger partial charge >= 0.3 is 0 Å². The molecule has 2 amide bonds. The zero-order valence-corrected chi connectivity index (χ0v) is 13.5. The number of hydrogen-bond donors (Lipinski definition) is 3. The molecule has 1 aliphatic carbocycles. The second kappa shape index (κ2) is 6.97. The highest BCUT2D eigenvalue weighted by molar-refractivity contribution is 5.84. The van der Waals surface area contributed by atoms with E-state index in [1.807, 2.05) is 30.3 Å². The molecule has 6 heteroatoms. The average Bonchev–Trinajstić information content (AvgIpc) is 2.55. The van der Waals surface area contributed by atoms with Crippen LogP contribution in [0.4, 0.5) is 0 Å². The SMILES string of the molecule is CC(=O)NCC(=O)N[C@@H](c1cnc2ccccc2c1)C1CC(O)C1. The van der Waals surface area contributed by atoms with Crippen LogP contribution < -0.4 is 10.6 Å². The molecule has 0 bridgehead atoms. The minimum atomic E-state index is -0.307. The van der Waals surface area contributed by atoms with Crippen LogP contribution in [-0.2, 0) is 9.59 Å². The van der Waals surface area contributed by atoms with Gasteiger partial charge in [-0.05, 0) is 36.5 Å². The van der Waals surface area contributed by atoms with Crippen molar-refractivity contribution in [3.8, 4) is 0 Å². The summed E-state index contributed by atoms with van der Waals surface area (Å²) in [5.41, 5.74) is 1.82. The van der Waals surface area contributed by atoms with Crippen LogP contribution in [-0.4, -0.2) is 34.6 Å². The van der Waals surface area contributed by atoms with Crippen molar-refractivity contribution in [1.29, 1.82) is 0 Å². The molecule has 3 N–H and O–H groups in total. The van der Waals surface area contributed by atoms with Crippen LogP contribution in [0.25, 0.3) is 10.9 Å². The van der Waals surface area contributed by atoms with Gasteiger partial charge in [-0.1, -0.05) is 18.2 Å². The van der Waals surface area contributed by atoms with E-state index in [1.54, 1.807) is 6.20 Å². The molecule has 1 aromatic carbocycles. The number of aliphatic hydroxyl groups is 1. The van der Waals surface area contributed by atoms with E-state index in [0.29, 0.717) is 12.8 Å². The largest absolute Gasteiger partial charge is 0.393 e. The minimum Gasteiger partial charge on any atom is -0.393 e. The van der Waals surface area contributed by atoms with E-state index in [0.717, 1.165) is 16.5 Å². The van der Waals surface area contributed by atoms with E-state index in [4.69, 9.17) is 0 Å². The zero-order chi connectivity index (χ0) is 17.1. The average molecular weight is 327 g/mol. The third-order valence-corrected chi connectivity index (χ3v) is 4.41. The van der Waals surface area contributed by atoms with E-state index in [-0.39, 0.29) is 36.4 Å². The van der Waals surface area contributed by atoms with E-state index in [1.165, 1.54) is 6.92 Å². The van der Waals surface area contributed by atoms with Crippen molar-refractivity contribution in [2.45, 2.75) is 31.9 Å². The van der Waals surface area contributed by atoms with Crippen molar-refractivity contribution < 1.29 is 14.7 Å². The lowest BCUT2D eigenvalue weighted by molar-refractivity contribution is -0.126. The lowest BCUT2D eigenvalue weighted by Crippen LogP contribution is -2.44. The summed E-state index contributed by atoms with van der Waals surface area (Å²) in [6, 6.07) is 9.62. The maximum absolute atomic E-state index is 12.1. The molecule has 3 rings (SSSR count). The highest BCUT2D eigenvalue weighted by Crippen LogP contribution is 2.38. The number of nitrogens with zero attached hydrogens (tertiary/aromatic N) is 1. The monoisotopic (exact) mass is 327 g/mol. The van der Waals surface area contributed by atoms with E-state index in [9.17, 15) is 14.7 Å². The number of benzene rings is 1. The number of fused-ring (bicyclic) bond motifs is 1. The third-order valence-electron chi connectivity index (χ3n) is 4.41. The molecule has 1 heterocycles. The lowest BCUT2D eigenvalue weighted by Gasteiger charge is -2.38. The van der Waals surface area contributed by atoms with Crippen LogP contribution in [0.1, 0.15) is 31.4 Å². The van der Waals surface area contributed by atoms with Gasteiger partial charge in [0, 0.05) is 18.5 Å². The first-order valence-corrected chi connectivity index (χ1v) is 8.09. The Morgan fingerprint density at radius 1 is 1.33 bits per heavy atom. The number of para-hydroxylation sites is 1. The predicted molar refractivity (Wildman–Crippen MR) is 90.0 cm³/mol. The van der Waals surface area contributed by atoms with Gasteiger partial charge in [0.25, 0.3) is 0 Å². The molecule has 0 spiro atoms. The Morgan fingerprint density at radius 3 is 2.79 bits per heavy atom. The summed E-state index contributed by atoms with van der Waals surface area (Å²) in [5, 5.41) is 16.1. The Labute approximate surface area is 140 Å². The third kappa shape index (κ3) is 3.71. The summed E-state index contributed by atoms with van der Waals surface area (Å²) in [4.78, 5) is 27.5. The molecule has 0 unspecified atom stereocenters. The first kappa shape index (κ1) is 16.4. The molecule has 0 aliphatic heterocycles. The Kier molecular flexibility index (Phi) is 4.76. The van der Waals surface area contributed by atoms with Gasteiger partial charge in [0.1, 0.15) is 0 Å². The van der Waals surface area contributed by atoms with Gasteiger partial charge in [0.05, 0.1) is 24.2 Å². The molecule has 0 saturated heterocycles. The van der Waals surface area contributed by atoms with Crippen molar-refractivity contribution >= 4 is 22.7 Å². The first-order chi connectivity index (χ1) is 11.5. The summed E-state index contributed by atoms with van der Waals surface area (Å²) < 4.78 is 0. The molecular formula is C18H21N3O3. The van der Waals surface area contributed by atoms with Gasteiger partial charge in [-0.25, -0.2) is 0 Å². The zero-order valence-electron chi connectivity index (χ0n) is 13.5. The molecule has 24 heavy (non-hydrogen) atoms. The Balaban J connectivity index is 1.80. The maximum atomic E-state index is 12.1. The molecule has 0 radical (unpaired) electrons. The smallest absolute Gasteiger partial charge is 0.239 e. The molecule has 1 aliphatic rings. The van der Waals surface area contributed by atoms with E-state index in [2.05, 4.69) is 15.6 Å². The van der Waals surface area contributed by atoms with Gasteiger partial charge in [0.15, 0.2) is 0 Å². The second-order valence-corrected chi connectivity index (χ2v) is 6.30. The number of pyridine rings is 1. The Morgan fingerprint density at radius 2 is 2.08 bits per heavy atom. The van der Waals surface area contributed by atoms with Gasteiger partial charge < -0.3 is 15.7 Å². The van der Waals surface area contributed by atoms with Crippen LogP contribution >= 0.6 is 0 Å². The highest BCUT2D eigenvalue weighted by atomic mass is 16.3. The molecule has 1 saturated carbocycles.